The molecule has 0 unspecified atom stereocenters. The number of benzene rings is 1. The predicted octanol–water partition coefficient (Wildman–Crippen LogP) is 2.37. The van der Waals surface area contributed by atoms with Crippen LogP contribution in [0.1, 0.15) is 31.7 Å². The lowest BCUT2D eigenvalue weighted by atomic mass is 9.85. The summed E-state index contributed by atoms with van der Waals surface area (Å²) in [6, 6.07) is 8.20. The Bertz CT molecular complexity index is 586. The summed E-state index contributed by atoms with van der Waals surface area (Å²) in [6.07, 6.45) is 3.43. The maximum absolute atomic E-state index is 12.5. The number of hydrogen-bond acceptors (Lipinski definition) is 3. The quantitative estimate of drug-likeness (QED) is 0.830. The lowest BCUT2D eigenvalue weighted by molar-refractivity contribution is 0.250. The van der Waals surface area contributed by atoms with Crippen molar-refractivity contribution in [2.45, 2.75) is 31.1 Å². The van der Waals surface area contributed by atoms with E-state index in [1.54, 1.807) is 18.2 Å². The fourth-order valence-electron chi connectivity index (χ4n) is 2.24. The second-order valence-corrected chi connectivity index (χ2v) is 6.83. The molecule has 1 aromatic carbocycles. The van der Waals surface area contributed by atoms with Gasteiger partial charge >= 0.3 is 0 Å². The summed E-state index contributed by atoms with van der Waals surface area (Å²) in [5, 5.41) is 8.86. The van der Waals surface area contributed by atoms with Crippen molar-refractivity contribution < 1.29 is 8.42 Å². The summed E-state index contributed by atoms with van der Waals surface area (Å²) in [7, 11) is -3.47. The topological polar surface area (TPSA) is 61.2 Å². The van der Waals surface area contributed by atoms with E-state index in [-0.39, 0.29) is 4.90 Å². The zero-order chi connectivity index (χ0) is 13.9. The van der Waals surface area contributed by atoms with E-state index < -0.39 is 10.0 Å². The number of hydrogen-bond donors (Lipinski definition) is 0. The molecule has 5 heteroatoms. The van der Waals surface area contributed by atoms with E-state index in [4.69, 9.17) is 5.26 Å². The lowest BCUT2D eigenvalue weighted by Gasteiger charge is -2.31. The molecule has 19 heavy (non-hydrogen) atoms. The van der Waals surface area contributed by atoms with E-state index in [1.165, 1.54) is 16.8 Å². The Morgan fingerprint density at radius 2 is 2.16 bits per heavy atom. The van der Waals surface area contributed by atoms with Crippen LogP contribution in [0.4, 0.5) is 0 Å². The Kier molecular flexibility index (Phi) is 4.23. The van der Waals surface area contributed by atoms with Gasteiger partial charge in [0.05, 0.1) is 16.5 Å². The average molecular weight is 278 g/mol. The van der Waals surface area contributed by atoms with Crippen molar-refractivity contribution in [3.63, 3.8) is 0 Å². The minimum absolute atomic E-state index is 0.215. The molecule has 0 saturated heterocycles. The van der Waals surface area contributed by atoms with Gasteiger partial charge in [-0.25, -0.2) is 8.42 Å². The van der Waals surface area contributed by atoms with Crippen LogP contribution >= 0.6 is 0 Å². The van der Waals surface area contributed by atoms with Crippen molar-refractivity contribution in [1.29, 1.82) is 5.26 Å². The molecule has 0 aliphatic heterocycles. The summed E-state index contributed by atoms with van der Waals surface area (Å²) in [4.78, 5) is 0.215. The third-order valence-corrected chi connectivity index (χ3v) is 5.58. The van der Waals surface area contributed by atoms with Crippen LogP contribution in [-0.4, -0.2) is 25.8 Å². The van der Waals surface area contributed by atoms with Crippen LogP contribution in [0.25, 0.3) is 0 Å². The Morgan fingerprint density at radius 3 is 2.68 bits per heavy atom. The summed E-state index contributed by atoms with van der Waals surface area (Å²) < 4.78 is 26.6. The molecule has 0 atom stereocenters. The molecule has 0 N–H and O–H groups in total. The average Bonchev–Trinajstić information content (AvgIpc) is 2.37. The smallest absolute Gasteiger partial charge is 0.207 e. The molecule has 0 spiro atoms. The Balaban J connectivity index is 2.25. The van der Waals surface area contributed by atoms with E-state index in [9.17, 15) is 8.42 Å². The third kappa shape index (κ3) is 2.96. The van der Waals surface area contributed by atoms with Crippen LogP contribution in [0.3, 0.4) is 0 Å². The summed E-state index contributed by atoms with van der Waals surface area (Å²) in [5.74, 6) is 0.494. The van der Waals surface area contributed by atoms with Gasteiger partial charge < -0.3 is 0 Å². The number of rotatable bonds is 5. The van der Waals surface area contributed by atoms with Gasteiger partial charge in [0, 0.05) is 13.1 Å². The highest BCUT2D eigenvalue weighted by Crippen LogP contribution is 2.29. The number of sulfonamides is 1. The standard InChI is InChI=1S/C14H18N2O2S/c1-2-16(11-12-5-3-6-12)19(17,18)14-8-4-7-13(9-14)10-15/h4,7-9,12H,2-3,5-6,11H2,1H3. The highest BCUT2D eigenvalue weighted by atomic mass is 32.2. The van der Waals surface area contributed by atoms with Gasteiger partial charge in [0.2, 0.25) is 10.0 Å². The minimum atomic E-state index is -3.47. The first kappa shape index (κ1) is 14.0. The van der Waals surface area contributed by atoms with Gasteiger partial charge in [-0.1, -0.05) is 19.4 Å². The van der Waals surface area contributed by atoms with Crippen LogP contribution in [0.2, 0.25) is 0 Å². The molecule has 0 aromatic heterocycles. The van der Waals surface area contributed by atoms with E-state index >= 15 is 0 Å². The lowest BCUT2D eigenvalue weighted by Crippen LogP contribution is -2.37. The number of nitrogens with zero attached hydrogens (tertiary/aromatic N) is 2. The second kappa shape index (κ2) is 5.72. The number of nitriles is 1. The van der Waals surface area contributed by atoms with Crippen molar-refractivity contribution in [3.05, 3.63) is 29.8 Å². The molecule has 1 aromatic rings. The molecule has 102 valence electrons. The molecule has 0 amide bonds. The molecule has 0 heterocycles. The molecule has 0 bridgehead atoms. The molecular formula is C14H18N2O2S. The second-order valence-electron chi connectivity index (χ2n) is 4.89. The SMILES string of the molecule is CCN(CC1CCC1)S(=O)(=O)c1cccc(C#N)c1. The van der Waals surface area contributed by atoms with E-state index in [2.05, 4.69) is 0 Å². The molecule has 4 nitrogen and oxygen atoms in total. The monoisotopic (exact) mass is 278 g/mol. The van der Waals surface area contributed by atoms with Gasteiger partial charge in [0.15, 0.2) is 0 Å². The normalized spacial score (nSPS) is 16.1. The predicted molar refractivity (Wildman–Crippen MR) is 72.9 cm³/mol. The van der Waals surface area contributed by atoms with Crippen molar-refractivity contribution in [3.8, 4) is 6.07 Å². The molecule has 1 aliphatic carbocycles. The van der Waals surface area contributed by atoms with Gasteiger partial charge in [-0.2, -0.15) is 9.57 Å². The van der Waals surface area contributed by atoms with Crippen LogP contribution in [0.5, 0.6) is 0 Å². The third-order valence-electron chi connectivity index (χ3n) is 3.64. The molecule has 1 aliphatic rings. The Labute approximate surface area is 114 Å². The summed E-state index contributed by atoms with van der Waals surface area (Å²) >= 11 is 0. The molecule has 2 rings (SSSR count). The fraction of sp³-hybridized carbons (Fsp3) is 0.500. The van der Waals surface area contributed by atoms with Gasteiger partial charge in [0.25, 0.3) is 0 Å². The summed E-state index contributed by atoms with van der Waals surface area (Å²) in [6.45, 7) is 2.91. The van der Waals surface area contributed by atoms with E-state index in [0.29, 0.717) is 24.6 Å². The van der Waals surface area contributed by atoms with Crippen LogP contribution in [0.15, 0.2) is 29.2 Å². The molecule has 1 saturated carbocycles. The first-order valence-electron chi connectivity index (χ1n) is 6.58. The fourth-order valence-corrected chi connectivity index (χ4v) is 3.81. The molecule has 0 radical (unpaired) electrons. The first-order chi connectivity index (χ1) is 9.07. The Morgan fingerprint density at radius 1 is 1.42 bits per heavy atom. The van der Waals surface area contributed by atoms with Gasteiger partial charge in [-0.3, -0.25) is 0 Å². The minimum Gasteiger partial charge on any atom is -0.207 e. The van der Waals surface area contributed by atoms with E-state index in [1.807, 2.05) is 13.0 Å². The van der Waals surface area contributed by atoms with Crippen LogP contribution in [-0.2, 0) is 10.0 Å². The first-order valence-corrected chi connectivity index (χ1v) is 8.02. The van der Waals surface area contributed by atoms with Gasteiger partial charge in [0.1, 0.15) is 0 Å². The van der Waals surface area contributed by atoms with Gasteiger partial charge in [-0.15, -0.1) is 0 Å². The van der Waals surface area contributed by atoms with Crippen molar-refractivity contribution in [2.75, 3.05) is 13.1 Å². The zero-order valence-corrected chi connectivity index (χ0v) is 11.9. The molecular weight excluding hydrogens is 260 g/mol. The van der Waals surface area contributed by atoms with Gasteiger partial charge in [-0.05, 0) is 37.0 Å². The Hall–Kier alpha value is -1.38. The van der Waals surface area contributed by atoms with Crippen LogP contribution < -0.4 is 0 Å². The maximum atomic E-state index is 12.5. The zero-order valence-electron chi connectivity index (χ0n) is 11.0. The summed E-state index contributed by atoms with van der Waals surface area (Å²) in [5.41, 5.74) is 0.376. The van der Waals surface area contributed by atoms with Crippen molar-refractivity contribution >= 4 is 10.0 Å². The van der Waals surface area contributed by atoms with Crippen molar-refractivity contribution in [2.24, 2.45) is 5.92 Å². The maximum Gasteiger partial charge on any atom is 0.243 e. The molecule has 1 fully saturated rings. The van der Waals surface area contributed by atoms with Crippen LogP contribution in [0, 0.1) is 17.2 Å². The van der Waals surface area contributed by atoms with Crippen molar-refractivity contribution in [1.82, 2.24) is 4.31 Å². The largest absolute Gasteiger partial charge is 0.243 e. The van der Waals surface area contributed by atoms with E-state index in [0.717, 1.165) is 12.8 Å². The highest BCUT2D eigenvalue weighted by molar-refractivity contribution is 7.89. The highest BCUT2D eigenvalue weighted by Gasteiger charge is 2.28.